The summed E-state index contributed by atoms with van der Waals surface area (Å²) in [5, 5.41) is 5.52. The van der Waals surface area contributed by atoms with Gasteiger partial charge in [0.2, 0.25) is 5.91 Å². The SMILES string of the molecule is O=C(N[C@H]1CCCCNC1=O)c1cc(Br)c[nH]1. The number of H-pyrrole nitrogens is 1. The van der Waals surface area contributed by atoms with Crippen molar-refractivity contribution in [1.82, 2.24) is 15.6 Å². The predicted octanol–water partition coefficient (Wildman–Crippen LogP) is 1.18. The van der Waals surface area contributed by atoms with Crippen LogP contribution in [0.5, 0.6) is 0 Å². The molecule has 2 rings (SSSR count). The molecule has 1 aromatic heterocycles. The van der Waals surface area contributed by atoms with Crippen LogP contribution in [0.1, 0.15) is 29.8 Å². The van der Waals surface area contributed by atoms with E-state index in [0.29, 0.717) is 18.7 Å². The van der Waals surface area contributed by atoms with E-state index in [4.69, 9.17) is 0 Å². The molecule has 0 unspecified atom stereocenters. The van der Waals surface area contributed by atoms with Crippen molar-refractivity contribution in [1.29, 1.82) is 0 Å². The second-order valence-electron chi connectivity index (χ2n) is 4.04. The summed E-state index contributed by atoms with van der Waals surface area (Å²) in [6, 6.07) is 1.26. The van der Waals surface area contributed by atoms with E-state index >= 15 is 0 Å². The van der Waals surface area contributed by atoms with Gasteiger partial charge in [0.25, 0.3) is 5.91 Å². The molecule has 92 valence electrons. The Labute approximate surface area is 107 Å². The lowest BCUT2D eigenvalue weighted by Crippen LogP contribution is -2.45. The van der Waals surface area contributed by atoms with Crippen LogP contribution in [0.3, 0.4) is 0 Å². The third kappa shape index (κ3) is 3.09. The van der Waals surface area contributed by atoms with Crippen LogP contribution in [-0.4, -0.2) is 29.4 Å². The van der Waals surface area contributed by atoms with Crippen molar-refractivity contribution in [3.63, 3.8) is 0 Å². The Morgan fingerprint density at radius 2 is 2.29 bits per heavy atom. The lowest BCUT2D eigenvalue weighted by Gasteiger charge is -2.14. The fourth-order valence-electron chi connectivity index (χ4n) is 1.81. The molecule has 1 aromatic rings. The fourth-order valence-corrected chi connectivity index (χ4v) is 2.16. The van der Waals surface area contributed by atoms with Gasteiger partial charge in [-0.15, -0.1) is 0 Å². The average molecular weight is 300 g/mol. The molecular weight excluding hydrogens is 286 g/mol. The van der Waals surface area contributed by atoms with Gasteiger partial charge in [0, 0.05) is 17.2 Å². The van der Waals surface area contributed by atoms with E-state index in [1.54, 1.807) is 12.3 Å². The van der Waals surface area contributed by atoms with Crippen molar-refractivity contribution in [3.8, 4) is 0 Å². The number of carbonyl (C=O) groups is 2. The number of rotatable bonds is 2. The third-order valence-electron chi connectivity index (χ3n) is 2.73. The second-order valence-corrected chi connectivity index (χ2v) is 4.96. The average Bonchev–Trinajstić information content (AvgIpc) is 2.63. The van der Waals surface area contributed by atoms with Gasteiger partial charge in [-0.3, -0.25) is 9.59 Å². The first-order chi connectivity index (χ1) is 8.16. The Hall–Kier alpha value is -1.30. The maximum absolute atomic E-state index is 11.8. The Morgan fingerprint density at radius 1 is 1.47 bits per heavy atom. The Balaban J connectivity index is 1.99. The van der Waals surface area contributed by atoms with Crippen molar-refractivity contribution in [2.24, 2.45) is 0 Å². The highest BCUT2D eigenvalue weighted by molar-refractivity contribution is 9.10. The molecule has 5 nitrogen and oxygen atoms in total. The second kappa shape index (κ2) is 5.35. The monoisotopic (exact) mass is 299 g/mol. The predicted molar refractivity (Wildman–Crippen MR) is 66.6 cm³/mol. The highest BCUT2D eigenvalue weighted by Crippen LogP contribution is 2.11. The fraction of sp³-hybridized carbons (Fsp3) is 0.455. The van der Waals surface area contributed by atoms with E-state index in [-0.39, 0.29) is 11.8 Å². The zero-order valence-electron chi connectivity index (χ0n) is 9.25. The van der Waals surface area contributed by atoms with Crippen molar-refractivity contribution < 1.29 is 9.59 Å². The molecule has 2 heterocycles. The van der Waals surface area contributed by atoms with Crippen LogP contribution in [0.15, 0.2) is 16.7 Å². The maximum atomic E-state index is 11.8. The number of carbonyl (C=O) groups excluding carboxylic acids is 2. The number of hydrogen-bond donors (Lipinski definition) is 3. The summed E-state index contributed by atoms with van der Waals surface area (Å²) in [4.78, 5) is 26.3. The maximum Gasteiger partial charge on any atom is 0.268 e. The molecule has 17 heavy (non-hydrogen) atoms. The summed E-state index contributed by atoms with van der Waals surface area (Å²) in [5.41, 5.74) is 0.453. The van der Waals surface area contributed by atoms with Gasteiger partial charge in [-0.1, -0.05) is 0 Å². The quantitative estimate of drug-likeness (QED) is 0.767. The number of amides is 2. The van der Waals surface area contributed by atoms with Crippen LogP contribution in [0.2, 0.25) is 0 Å². The standard InChI is InChI=1S/C11H14BrN3O2/c12-7-5-9(14-6-7)11(17)15-8-3-1-2-4-13-10(8)16/h5-6,8,14H,1-4H2,(H,13,16)(H,15,17)/t8-/m0/s1. The van der Waals surface area contributed by atoms with Crippen LogP contribution >= 0.6 is 15.9 Å². The van der Waals surface area contributed by atoms with E-state index in [1.807, 2.05) is 0 Å². The molecule has 0 radical (unpaired) electrons. The largest absolute Gasteiger partial charge is 0.356 e. The normalized spacial score (nSPS) is 20.5. The smallest absolute Gasteiger partial charge is 0.268 e. The summed E-state index contributed by atoms with van der Waals surface area (Å²) in [6.45, 7) is 0.694. The first kappa shape index (κ1) is 12.2. The lowest BCUT2D eigenvalue weighted by molar-refractivity contribution is -0.122. The summed E-state index contributed by atoms with van der Waals surface area (Å²) < 4.78 is 0.813. The van der Waals surface area contributed by atoms with E-state index in [0.717, 1.165) is 17.3 Å². The van der Waals surface area contributed by atoms with Gasteiger partial charge in [-0.2, -0.15) is 0 Å². The highest BCUT2D eigenvalue weighted by Gasteiger charge is 2.23. The minimum Gasteiger partial charge on any atom is -0.356 e. The van der Waals surface area contributed by atoms with Crippen LogP contribution in [0, 0.1) is 0 Å². The molecule has 1 atom stereocenters. The highest BCUT2D eigenvalue weighted by atomic mass is 79.9. The van der Waals surface area contributed by atoms with E-state index in [1.165, 1.54) is 0 Å². The molecule has 1 saturated heterocycles. The number of aromatic nitrogens is 1. The van der Waals surface area contributed by atoms with Crippen molar-refractivity contribution in [2.45, 2.75) is 25.3 Å². The van der Waals surface area contributed by atoms with E-state index in [2.05, 4.69) is 31.5 Å². The third-order valence-corrected chi connectivity index (χ3v) is 3.19. The molecule has 0 aromatic carbocycles. The van der Waals surface area contributed by atoms with E-state index < -0.39 is 6.04 Å². The number of nitrogens with one attached hydrogen (secondary N) is 3. The number of halogens is 1. The molecule has 1 fully saturated rings. The summed E-state index contributed by atoms with van der Waals surface area (Å²) in [7, 11) is 0. The van der Waals surface area contributed by atoms with Crippen molar-refractivity contribution in [3.05, 3.63) is 22.4 Å². The van der Waals surface area contributed by atoms with Crippen LogP contribution in [0.25, 0.3) is 0 Å². The molecule has 6 heteroatoms. The van der Waals surface area contributed by atoms with Gasteiger partial charge < -0.3 is 15.6 Å². The lowest BCUT2D eigenvalue weighted by atomic mass is 10.1. The molecule has 1 aliphatic rings. The number of hydrogen-bond acceptors (Lipinski definition) is 2. The van der Waals surface area contributed by atoms with Crippen molar-refractivity contribution >= 4 is 27.7 Å². The molecular formula is C11H14BrN3O2. The molecule has 0 aliphatic carbocycles. The van der Waals surface area contributed by atoms with Gasteiger partial charge in [0.15, 0.2) is 0 Å². The molecule has 0 spiro atoms. The summed E-state index contributed by atoms with van der Waals surface area (Å²) in [5.74, 6) is -0.348. The van der Waals surface area contributed by atoms with Crippen LogP contribution < -0.4 is 10.6 Å². The van der Waals surface area contributed by atoms with Gasteiger partial charge in [0.1, 0.15) is 11.7 Å². The number of aromatic amines is 1. The summed E-state index contributed by atoms with van der Waals surface area (Å²) in [6.07, 6.45) is 4.28. The zero-order chi connectivity index (χ0) is 12.3. The molecule has 1 aliphatic heterocycles. The van der Waals surface area contributed by atoms with Crippen LogP contribution in [0.4, 0.5) is 0 Å². The first-order valence-corrected chi connectivity index (χ1v) is 6.38. The van der Waals surface area contributed by atoms with Gasteiger partial charge >= 0.3 is 0 Å². The minimum atomic E-state index is -0.424. The van der Waals surface area contributed by atoms with Gasteiger partial charge in [0.05, 0.1) is 0 Å². The molecule has 3 N–H and O–H groups in total. The topological polar surface area (TPSA) is 74.0 Å². The first-order valence-electron chi connectivity index (χ1n) is 5.59. The Morgan fingerprint density at radius 3 is 3.00 bits per heavy atom. The van der Waals surface area contributed by atoms with Gasteiger partial charge in [-0.25, -0.2) is 0 Å². The van der Waals surface area contributed by atoms with E-state index in [9.17, 15) is 9.59 Å². The molecule has 0 bridgehead atoms. The summed E-state index contributed by atoms with van der Waals surface area (Å²) >= 11 is 3.26. The zero-order valence-corrected chi connectivity index (χ0v) is 10.8. The molecule has 0 saturated carbocycles. The van der Waals surface area contributed by atoms with Crippen molar-refractivity contribution in [2.75, 3.05) is 6.54 Å². The minimum absolute atomic E-state index is 0.0959. The van der Waals surface area contributed by atoms with Crippen LogP contribution in [-0.2, 0) is 4.79 Å². The Kier molecular flexibility index (Phi) is 3.83. The Bertz CT molecular complexity index is 430. The van der Waals surface area contributed by atoms with Gasteiger partial charge in [-0.05, 0) is 41.3 Å². The molecule has 2 amide bonds.